The van der Waals surface area contributed by atoms with Crippen molar-refractivity contribution in [2.75, 3.05) is 0 Å². The van der Waals surface area contributed by atoms with Crippen molar-refractivity contribution in [1.29, 1.82) is 10.5 Å². The summed E-state index contributed by atoms with van der Waals surface area (Å²) in [5.41, 5.74) is 6.62. The van der Waals surface area contributed by atoms with Crippen LogP contribution in [0.4, 0.5) is 0 Å². The minimum absolute atomic E-state index is 0.0695. The lowest BCUT2D eigenvalue weighted by molar-refractivity contribution is 0.397. The summed E-state index contributed by atoms with van der Waals surface area (Å²) in [5, 5.41) is 19.3. The average Bonchev–Trinajstić information content (AvgIpc) is 3.12. The molecule has 3 rings (SSSR count). The highest BCUT2D eigenvalue weighted by Crippen LogP contribution is 2.54. The molecule has 0 unspecified atom stereocenters. The molecule has 0 aromatic heterocycles. The van der Waals surface area contributed by atoms with Crippen molar-refractivity contribution >= 4 is 0 Å². The highest BCUT2D eigenvalue weighted by Gasteiger charge is 2.42. The second-order valence-electron chi connectivity index (χ2n) is 9.86. The van der Waals surface area contributed by atoms with E-state index >= 15 is 0 Å². The van der Waals surface area contributed by atoms with Crippen molar-refractivity contribution in [3.8, 4) is 23.3 Å². The Bertz CT molecular complexity index is 907. The molecule has 2 aromatic rings. The summed E-state index contributed by atoms with van der Waals surface area (Å²) >= 11 is 0. The minimum Gasteiger partial charge on any atom is -0.192 e. The fraction of sp³-hybridized carbons (Fsp3) is 0.548. The van der Waals surface area contributed by atoms with E-state index in [-0.39, 0.29) is 5.41 Å². The standard InChI is InChI=1S/C31H40N2/c1-3-5-7-9-11-13-19-31(20-14-12-10-8-6-4-2)29-21-25(23-32)15-17-27(29)28-18-16-26(24-33)22-30(28)31/h15-18,21-22H,3-14,19-20H2,1-2H3. The topological polar surface area (TPSA) is 47.6 Å². The summed E-state index contributed by atoms with van der Waals surface area (Å²) < 4.78 is 0. The monoisotopic (exact) mass is 440 g/mol. The maximum absolute atomic E-state index is 9.64. The van der Waals surface area contributed by atoms with Crippen molar-refractivity contribution in [3.63, 3.8) is 0 Å². The summed E-state index contributed by atoms with van der Waals surface area (Å²) in [4.78, 5) is 0. The van der Waals surface area contributed by atoms with Gasteiger partial charge in [-0.05, 0) is 59.4 Å². The molecule has 0 heterocycles. The normalized spacial score (nSPS) is 13.2. The van der Waals surface area contributed by atoms with Gasteiger partial charge in [0.2, 0.25) is 0 Å². The van der Waals surface area contributed by atoms with Crippen LogP contribution < -0.4 is 0 Å². The lowest BCUT2D eigenvalue weighted by atomic mass is 9.70. The number of hydrogen-bond donors (Lipinski definition) is 0. The third-order valence-corrected chi connectivity index (χ3v) is 7.53. The van der Waals surface area contributed by atoms with Gasteiger partial charge in [0.15, 0.2) is 0 Å². The molecule has 0 aliphatic heterocycles. The van der Waals surface area contributed by atoms with Crippen LogP contribution in [0.3, 0.4) is 0 Å². The van der Waals surface area contributed by atoms with Crippen LogP contribution in [0.25, 0.3) is 11.1 Å². The first-order chi connectivity index (χ1) is 16.2. The Hall–Kier alpha value is -2.58. The van der Waals surface area contributed by atoms with E-state index in [1.54, 1.807) is 0 Å². The van der Waals surface area contributed by atoms with Gasteiger partial charge in [0.1, 0.15) is 0 Å². The summed E-state index contributed by atoms with van der Waals surface area (Å²) in [6, 6.07) is 17.2. The fourth-order valence-corrected chi connectivity index (χ4v) is 5.71. The zero-order chi connectivity index (χ0) is 23.5. The quantitative estimate of drug-likeness (QED) is 0.275. The summed E-state index contributed by atoms with van der Waals surface area (Å²) in [6.07, 6.45) is 17.6. The molecular formula is C31H40N2. The Kier molecular flexibility index (Phi) is 9.57. The molecule has 0 spiro atoms. The van der Waals surface area contributed by atoms with Crippen molar-refractivity contribution in [1.82, 2.24) is 0 Å². The molecule has 0 bridgehead atoms. The van der Waals surface area contributed by atoms with Gasteiger partial charge < -0.3 is 0 Å². The van der Waals surface area contributed by atoms with E-state index in [0.717, 1.165) is 24.0 Å². The molecule has 0 atom stereocenters. The fourth-order valence-electron chi connectivity index (χ4n) is 5.71. The predicted molar refractivity (Wildman–Crippen MR) is 138 cm³/mol. The molecule has 174 valence electrons. The van der Waals surface area contributed by atoms with Gasteiger partial charge in [0.25, 0.3) is 0 Å². The van der Waals surface area contributed by atoms with Gasteiger partial charge >= 0.3 is 0 Å². The van der Waals surface area contributed by atoms with Crippen LogP contribution in [0.1, 0.15) is 126 Å². The second kappa shape index (κ2) is 12.6. The van der Waals surface area contributed by atoms with E-state index in [1.165, 1.54) is 99.3 Å². The van der Waals surface area contributed by atoms with Crippen LogP contribution in [0, 0.1) is 22.7 Å². The van der Waals surface area contributed by atoms with E-state index in [4.69, 9.17) is 0 Å². The molecule has 2 aromatic carbocycles. The average molecular weight is 441 g/mol. The molecule has 0 saturated carbocycles. The Morgan fingerprint density at radius 2 is 0.970 bits per heavy atom. The third-order valence-electron chi connectivity index (χ3n) is 7.53. The zero-order valence-electron chi connectivity index (χ0n) is 20.8. The molecule has 0 N–H and O–H groups in total. The van der Waals surface area contributed by atoms with Crippen molar-refractivity contribution < 1.29 is 0 Å². The molecule has 2 nitrogen and oxygen atoms in total. The lowest BCUT2D eigenvalue weighted by Crippen LogP contribution is -2.26. The van der Waals surface area contributed by atoms with E-state index < -0.39 is 0 Å². The van der Waals surface area contributed by atoms with Crippen molar-refractivity contribution in [2.24, 2.45) is 0 Å². The summed E-state index contributed by atoms with van der Waals surface area (Å²) in [5.74, 6) is 0. The first kappa shape index (κ1) is 25.1. The second-order valence-corrected chi connectivity index (χ2v) is 9.86. The molecular weight excluding hydrogens is 400 g/mol. The predicted octanol–water partition coefficient (Wildman–Crippen LogP) is 9.20. The summed E-state index contributed by atoms with van der Waals surface area (Å²) in [6.45, 7) is 4.53. The van der Waals surface area contributed by atoms with Crippen LogP contribution in [-0.4, -0.2) is 0 Å². The van der Waals surface area contributed by atoms with Gasteiger partial charge in [-0.2, -0.15) is 10.5 Å². The molecule has 2 heteroatoms. The number of nitriles is 2. The van der Waals surface area contributed by atoms with Crippen LogP contribution in [-0.2, 0) is 5.41 Å². The summed E-state index contributed by atoms with van der Waals surface area (Å²) in [7, 11) is 0. The van der Waals surface area contributed by atoms with Gasteiger partial charge in [-0.25, -0.2) is 0 Å². The largest absolute Gasteiger partial charge is 0.192 e. The number of benzene rings is 2. The van der Waals surface area contributed by atoms with Crippen molar-refractivity contribution in [3.05, 3.63) is 58.7 Å². The Morgan fingerprint density at radius 1 is 0.576 bits per heavy atom. The molecule has 33 heavy (non-hydrogen) atoms. The molecule has 0 amide bonds. The molecule has 1 aliphatic rings. The Balaban J connectivity index is 1.93. The molecule has 0 saturated heterocycles. The van der Waals surface area contributed by atoms with Gasteiger partial charge in [-0.3, -0.25) is 0 Å². The number of fused-ring (bicyclic) bond motifs is 3. The van der Waals surface area contributed by atoms with Gasteiger partial charge in [-0.15, -0.1) is 0 Å². The number of unbranched alkanes of at least 4 members (excludes halogenated alkanes) is 10. The SMILES string of the molecule is CCCCCCCCC1(CCCCCCCC)c2cc(C#N)ccc2-c2ccc(C#N)cc21. The number of hydrogen-bond acceptors (Lipinski definition) is 2. The molecule has 1 aliphatic carbocycles. The van der Waals surface area contributed by atoms with E-state index in [0.29, 0.717) is 0 Å². The smallest absolute Gasteiger partial charge is 0.0991 e. The van der Waals surface area contributed by atoms with Crippen LogP contribution >= 0.6 is 0 Å². The first-order valence-corrected chi connectivity index (χ1v) is 13.3. The first-order valence-electron chi connectivity index (χ1n) is 13.3. The highest BCUT2D eigenvalue weighted by atomic mass is 14.5. The van der Waals surface area contributed by atoms with Crippen LogP contribution in [0.5, 0.6) is 0 Å². The maximum Gasteiger partial charge on any atom is 0.0991 e. The Labute approximate surface area is 201 Å². The maximum atomic E-state index is 9.64. The van der Waals surface area contributed by atoms with Gasteiger partial charge in [-0.1, -0.05) is 103 Å². The van der Waals surface area contributed by atoms with Gasteiger partial charge in [0.05, 0.1) is 23.3 Å². The van der Waals surface area contributed by atoms with E-state index in [1.807, 2.05) is 12.1 Å². The van der Waals surface area contributed by atoms with Crippen molar-refractivity contribution in [2.45, 2.75) is 109 Å². The Morgan fingerprint density at radius 3 is 1.36 bits per heavy atom. The molecule has 0 radical (unpaired) electrons. The molecule has 0 fully saturated rings. The van der Waals surface area contributed by atoms with Gasteiger partial charge in [0, 0.05) is 5.41 Å². The number of rotatable bonds is 14. The van der Waals surface area contributed by atoms with Crippen LogP contribution in [0.2, 0.25) is 0 Å². The lowest BCUT2D eigenvalue weighted by Gasteiger charge is -2.33. The third kappa shape index (κ3) is 5.86. The number of nitrogens with zero attached hydrogens (tertiary/aromatic N) is 2. The highest BCUT2D eigenvalue weighted by molar-refractivity contribution is 5.82. The minimum atomic E-state index is -0.0695. The van der Waals surface area contributed by atoms with E-state index in [2.05, 4.69) is 50.3 Å². The zero-order valence-corrected chi connectivity index (χ0v) is 20.8. The van der Waals surface area contributed by atoms with Crippen LogP contribution in [0.15, 0.2) is 36.4 Å². The van der Waals surface area contributed by atoms with E-state index in [9.17, 15) is 10.5 Å².